The first-order valence-corrected chi connectivity index (χ1v) is 4.13. The summed E-state index contributed by atoms with van der Waals surface area (Å²) in [5, 5.41) is 0. The van der Waals surface area contributed by atoms with Crippen molar-refractivity contribution in [3.8, 4) is 0 Å². The predicted molar refractivity (Wildman–Crippen MR) is 54.4 cm³/mol. The van der Waals surface area contributed by atoms with Gasteiger partial charge in [0.15, 0.2) is 5.69 Å². The Morgan fingerprint density at radius 1 is 1.38 bits per heavy atom. The average Bonchev–Trinajstić information content (AvgIpc) is 2.16. The van der Waals surface area contributed by atoms with Gasteiger partial charge in [0.1, 0.15) is 0 Å². The minimum Gasteiger partial charge on any atom is -0.259 e. The molecule has 0 aliphatic heterocycles. The Balaban J connectivity index is 3.19. The second kappa shape index (κ2) is 3.86. The Morgan fingerprint density at radius 2 is 2.08 bits per heavy atom. The van der Waals surface area contributed by atoms with Crippen LogP contribution in [0.1, 0.15) is 26.5 Å². The Labute approximate surface area is 78.8 Å². The molecular formula is C11H12N2. The van der Waals surface area contributed by atoms with Gasteiger partial charge < -0.3 is 0 Å². The van der Waals surface area contributed by atoms with Crippen molar-refractivity contribution in [3.63, 3.8) is 0 Å². The molecule has 0 atom stereocenters. The summed E-state index contributed by atoms with van der Waals surface area (Å²) in [7, 11) is 0. The molecular weight excluding hydrogens is 160 g/mol. The first-order valence-electron chi connectivity index (χ1n) is 4.13. The van der Waals surface area contributed by atoms with Gasteiger partial charge in [-0.25, -0.2) is 4.85 Å². The molecule has 2 heteroatoms. The highest BCUT2D eigenvalue weighted by atomic mass is 14.7. The summed E-state index contributed by atoms with van der Waals surface area (Å²) in [4.78, 5) is 7.57. The second-order valence-electron chi connectivity index (χ2n) is 3.14. The van der Waals surface area contributed by atoms with E-state index in [1.54, 1.807) is 12.3 Å². The van der Waals surface area contributed by atoms with Gasteiger partial charge in [0.2, 0.25) is 0 Å². The lowest BCUT2D eigenvalue weighted by atomic mass is 10.1. The molecule has 0 saturated carbocycles. The van der Waals surface area contributed by atoms with Crippen LogP contribution in [0.2, 0.25) is 0 Å². The quantitative estimate of drug-likeness (QED) is 0.593. The molecule has 0 bridgehead atoms. The average molecular weight is 172 g/mol. The van der Waals surface area contributed by atoms with E-state index in [-0.39, 0.29) is 0 Å². The molecule has 0 saturated heterocycles. The Bertz CT molecular complexity index is 379. The molecule has 0 fully saturated rings. The standard InChI is InChI=1S/C11H12N2/c1-8(2)9(3)11-7-10(12-4)5-6-13-11/h5-7H,1-3H3. The van der Waals surface area contributed by atoms with E-state index in [1.165, 1.54) is 5.57 Å². The minimum atomic E-state index is 0.644. The fourth-order valence-electron chi connectivity index (χ4n) is 0.950. The minimum absolute atomic E-state index is 0.644. The summed E-state index contributed by atoms with van der Waals surface area (Å²) < 4.78 is 0. The van der Waals surface area contributed by atoms with Crippen molar-refractivity contribution in [2.24, 2.45) is 0 Å². The fourth-order valence-corrected chi connectivity index (χ4v) is 0.950. The van der Waals surface area contributed by atoms with Crippen molar-refractivity contribution in [2.45, 2.75) is 20.8 Å². The van der Waals surface area contributed by atoms with Gasteiger partial charge in [-0.15, -0.1) is 0 Å². The van der Waals surface area contributed by atoms with Crippen LogP contribution >= 0.6 is 0 Å². The molecule has 0 unspecified atom stereocenters. The third-order valence-corrected chi connectivity index (χ3v) is 2.01. The topological polar surface area (TPSA) is 17.2 Å². The van der Waals surface area contributed by atoms with Crippen LogP contribution in [0.3, 0.4) is 0 Å². The van der Waals surface area contributed by atoms with Crippen LogP contribution in [0.5, 0.6) is 0 Å². The van der Waals surface area contributed by atoms with Gasteiger partial charge in [-0.3, -0.25) is 4.98 Å². The fraction of sp³-hybridized carbons (Fsp3) is 0.273. The van der Waals surface area contributed by atoms with Crippen LogP contribution in [-0.4, -0.2) is 4.98 Å². The van der Waals surface area contributed by atoms with E-state index in [0.717, 1.165) is 11.3 Å². The Kier molecular flexibility index (Phi) is 2.81. The summed E-state index contributed by atoms with van der Waals surface area (Å²) >= 11 is 0. The number of allylic oxidation sites excluding steroid dienone is 2. The first kappa shape index (κ1) is 9.47. The highest BCUT2D eigenvalue weighted by molar-refractivity contribution is 5.66. The summed E-state index contributed by atoms with van der Waals surface area (Å²) in [6.45, 7) is 13.0. The molecule has 0 radical (unpaired) electrons. The summed E-state index contributed by atoms with van der Waals surface area (Å²) in [6.07, 6.45) is 1.68. The van der Waals surface area contributed by atoms with Crippen molar-refractivity contribution < 1.29 is 0 Å². The van der Waals surface area contributed by atoms with Gasteiger partial charge in [-0.2, -0.15) is 0 Å². The van der Waals surface area contributed by atoms with E-state index >= 15 is 0 Å². The van der Waals surface area contributed by atoms with Crippen molar-refractivity contribution in [1.29, 1.82) is 0 Å². The van der Waals surface area contributed by atoms with E-state index in [9.17, 15) is 0 Å². The lowest BCUT2D eigenvalue weighted by molar-refractivity contribution is 1.24. The monoisotopic (exact) mass is 172 g/mol. The normalized spacial score (nSPS) is 9.08. The van der Waals surface area contributed by atoms with Crippen molar-refractivity contribution >= 4 is 11.3 Å². The largest absolute Gasteiger partial charge is 0.259 e. The van der Waals surface area contributed by atoms with Crippen LogP contribution in [-0.2, 0) is 0 Å². The van der Waals surface area contributed by atoms with Gasteiger partial charge in [0, 0.05) is 6.20 Å². The van der Waals surface area contributed by atoms with Crippen LogP contribution in [0.4, 0.5) is 5.69 Å². The lowest BCUT2D eigenvalue weighted by Gasteiger charge is -2.02. The molecule has 0 aromatic carbocycles. The van der Waals surface area contributed by atoms with E-state index in [0.29, 0.717) is 5.69 Å². The van der Waals surface area contributed by atoms with Crippen molar-refractivity contribution in [3.05, 3.63) is 41.0 Å². The molecule has 1 aromatic rings. The zero-order valence-corrected chi connectivity index (χ0v) is 8.13. The van der Waals surface area contributed by atoms with E-state index in [2.05, 4.69) is 9.83 Å². The zero-order valence-electron chi connectivity index (χ0n) is 8.13. The zero-order chi connectivity index (χ0) is 9.84. The predicted octanol–water partition coefficient (Wildman–Crippen LogP) is 3.45. The molecule has 0 spiro atoms. The number of aromatic nitrogens is 1. The molecule has 0 aliphatic rings. The van der Waals surface area contributed by atoms with Gasteiger partial charge in [0.05, 0.1) is 12.3 Å². The molecule has 13 heavy (non-hydrogen) atoms. The van der Waals surface area contributed by atoms with Crippen LogP contribution in [0, 0.1) is 6.57 Å². The SMILES string of the molecule is [C-]#[N+]c1ccnc(C(C)=C(C)C)c1. The maximum Gasteiger partial charge on any atom is 0.190 e. The maximum atomic E-state index is 6.87. The summed E-state index contributed by atoms with van der Waals surface area (Å²) in [5.41, 5.74) is 3.92. The van der Waals surface area contributed by atoms with Gasteiger partial charge >= 0.3 is 0 Å². The highest BCUT2D eigenvalue weighted by Crippen LogP contribution is 2.19. The van der Waals surface area contributed by atoms with Gasteiger partial charge in [-0.1, -0.05) is 5.57 Å². The maximum absolute atomic E-state index is 6.87. The molecule has 1 aromatic heterocycles. The van der Waals surface area contributed by atoms with Crippen LogP contribution < -0.4 is 0 Å². The lowest BCUT2D eigenvalue weighted by Crippen LogP contribution is -1.86. The highest BCUT2D eigenvalue weighted by Gasteiger charge is 1.99. The molecule has 1 rings (SSSR count). The Morgan fingerprint density at radius 3 is 2.62 bits per heavy atom. The third kappa shape index (κ3) is 2.16. The number of nitrogens with zero attached hydrogens (tertiary/aromatic N) is 2. The van der Waals surface area contributed by atoms with E-state index in [1.807, 2.05) is 26.8 Å². The number of hydrogen-bond acceptors (Lipinski definition) is 1. The number of hydrogen-bond donors (Lipinski definition) is 0. The third-order valence-electron chi connectivity index (χ3n) is 2.01. The summed E-state index contributed by atoms with van der Waals surface area (Å²) in [5.74, 6) is 0. The Hall–Kier alpha value is -1.62. The second-order valence-corrected chi connectivity index (χ2v) is 3.14. The molecule has 0 amide bonds. The number of pyridine rings is 1. The van der Waals surface area contributed by atoms with Crippen molar-refractivity contribution in [2.75, 3.05) is 0 Å². The van der Waals surface area contributed by atoms with Crippen LogP contribution in [0.25, 0.3) is 10.4 Å². The van der Waals surface area contributed by atoms with Gasteiger partial charge in [-0.05, 0) is 38.5 Å². The van der Waals surface area contributed by atoms with Crippen molar-refractivity contribution in [1.82, 2.24) is 4.98 Å². The van der Waals surface area contributed by atoms with E-state index < -0.39 is 0 Å². The number of rotatable bonds is 1. The van der Waals surface area contributed by atoms with E-state index in [4.69, 9.17) is 6.57 Å². The molecule has 0 N–H and O–H groups in total. The summed E-state index contributed by atoms with van der Waals surface area (Å²) in [6, 6.07) is 3.53. The van der Waals surface area contributed by atoms with Crippen LogP contribution in [0.15, 0.2) is 23.9 Å². The smallest absolute Gasteiger partial charge is 0.190 e. The molecule has 66 valence electrons. The first-order chi connectivity index (χ1) is 6.15. The molecule has 1 heterocycles. The molecule has 2 nitrogen and oxygen atoms in total. The van der Waals surface area contributed by atoms with Gasteiger partial charge in [0.25, 0.3) is 0 Å². The molecule has 0 aliphatic carbocycles.